The summed E-state index contributed by atoms with van der Waals surface area (Å²) in [5, 5.41) is 4.76. The normalized spacial score (nSPS) is 25.2. The molecular weight excluding hydrogens is 204 g/mol. The van der Waals surface area contributed by atoms with E-state index in [1.165, 1.54) is 16.3 Å². The fourth-order valence-electron chi connectivity index (χ4n) is 1.96. The summed E-state index contributed by atoms with van der Waals surface area (Å²) in [6, 6.07) is 0.447. The molecule has 1 aliphatic rings. The van der Waals surface area contributed by atoms with Gasteiger partial charge in [0.15, 0.2) is 0 Å². The smallest absolute Gasteiger partial charge is 0.0964 e. The Morgan fingerprint density at radius 1 is 1.67 bits per heavy atom. The van der Waals surface area contributed by atoms with E-state index in [2.05, 4.69) is 38.0 Å². The van der Waals surface area contributed by atoms with Crippen LogP contribution in [0.1, 0.15) is 56.0 Å². The summed E-state index contributed by atoms with van der Waals surface area (Å²) in [6.45, 7) is 10.0. The van der Waals surface area contributed by atoms with Gasteiger partial charge < -0.3 is 5.32 Å². The van der Waals surface area contributed by atoms with Crippen molar-refractivity contribution in [2.75, 3.05) is 6.54 Å². The van der Waals surface area contributed by atoms with E-state index in [4.69, 9.17) is 0 Å². The quantitative estimate of drug-likeness (QED) is 0.848. The van der Waals surface area contributed by atoms with E-state index in [-0.39, 0.29) is 0 Å². The van der Waals surface area contributed by atoms with Crippen molar-refractivity contribution in [1.29, 1.82) is 0 Å². The molecule has 0 saturated heterocycles. The van der Waals surface area contributed by atoms with Crippen LogP contribution < -0.4 is 5.32 Å². The summed E-state index contributed by atoms with van der Waals surface area (Å²) in [5.74, 6) is 0.713. The van der Waals surface area contributed by atoms with Crippen molar-refractivity contribution in [3.63, 3.8) is 0 Å². The summed E-state index contributed by atoms with van der Waals surface area (Å²) in [7, 11) is 0. The number of aromatic nitrogens is 1. The lowest BCUT2D eigenvalue weighted by atomic mass is 10.1. The second-order valence-corrected chi connectivity index (χ2v) is 6.22. The second-order valence-electron chi connectivity index (χ2n) is 5.13. The molecule has 0 aromatic carbocycles. The average Bonchev–Trinajstić information content (AvgIpc) is 2.66. The van der Waals surface area contributed by atoms with Crippen LogP contribution in [0.3, 0.4) is 0 Å². The van der Waals surface area contributed by atoms with Crippen LogP contribution in [0.2, 0.25) is 0 Å². The van der Waals surface area contributed by atoms with E-state index < -0.39 is 0 Å². The van der Waals surface area contributed by atoms with Gasteiger partial charge >= 0.3 is 0 Å². The predicted octanol–water partition coefficient (Wildman–Crippen LogP) is 3.33. The zero-order chi connectivity index (χ0) is 11.1. The van der Waals surface area contributed by atoms with E-state index in [0.717, 1.165) is 6.54 Å². The molecule has 15 heavy (non-hydrogen) atoms. The standard InChI is InChI=1S/C12H20N2S/c1-5-13-8(2)10-7-14-11(15-10)9-6-12(9,3)4/h7-9,13H,5-6H2,1-4H3. The van der Waals surface area contributed by atoms with Crippen molar-refractivity contribution in [3.05, 3.63) is 16.1 Å². The summed E-state index contributed by atoms with van der Waals surface area (Å²) < 4.78 is 0. The van der Waals surface area contributed by atoms with E-state index in [9.17, 15) is 0 Å². The first-order valence-electron chi connectivity index (χ1n) is 5.73. The lowest BCUT2D eigenvalue weighted by Gasteiger charge is -2.08. The van der Waals surface area contributed by atoms with Crippen molar-refractivity contribution >= 4 is 11.3 Å². The lowest BCUT2D eigenvalue weighted by Crippen LogP contribution is -2.16. The Bertz CT molecular complexity index is 343. The van der Waals surface area contributed by atoms with E-state index >= 15 is 0 Å². The fraction of sp³-hybridized carbons (Fsp3) is 0.750. The van der Waals surface area contributed by atoms with Crippen molar-refractivity contribution in [2.45, 2.75) is 46.1 Å². The Morgan fingerprint density at radius 2 is 2.33 bits per heavy atom. The van der Waals surface area contributed by atoms with Crippen molar-refractivity contribution < 1.29 is 0 Å². The molecule has 1 aliphatic carbocycles. The van der Waals surface area contributed by atoms with Crippen LogP contribution in [0.4, 0.5) is 0 Å². The molecule has 1 N–H and O–H groups in total. The van der Waals surface area contributed by atoms with Crippen LogP contribution in [0, 0.1) is 5.41 Å². The Balaban J connectivity index is 2.05. The maximum absolute atomic E-state index is 4.56. The van der Waals surface area contributed by atoms with Gasteiger partial charge in [0.25, 0.3) is 0 Å². The predicted molar refractivity (Wildman–Crippen MR) is 65.3 cm³/mol. The topological polar surface area (TPSA) is 24.9 Å². The largest absolute Gasteiger partial charge is 0.310 e. The number of rotatable bonds is 4. The van der Waals surface area contributed by atoms with Crippen LogP contribution >= 0.6 is 11.3 Å². The summed E-state index contributed by atoms with van der Waals surface area (Å²) >= 11 is 1.88. The van der Waals surface area contributed by atoms with E-state index in [1.54, 1.807) is 0 Å². The third-order valence-electron chi connectivity index (χ3n) is 3.29. The van der Waals surface area contributed by atoms with Gasteiger partial charge in [0, 0.05) is 23.0 Å². The van der Waals surface area contributed by atoms with Gasteiger partial charge in [-0.1, -0.05) is 20.8 Å². The highest BCUT2D eigenvalue weighted by Crippen LogP contribution is 2.59. The van der Waals surface area contributed by atoms with Gasteiger partial charge in [0.05, 0.1) is 5.01 Å². The summed E-state index contributed by atoms with van der Waals surface area (Å²) in [5.41, 5.74) is 0.497. The molecule has 0 radical (unpaired) electrons. The van der Waals surface area contributed by atoms with Gasteiger partial charge in [0.2, 0.25) is 0 Å². The third kappa shape index (κ3) is 2.23. The fourth-order valence-corrected chi connectivity index (χ4v) is 3.21. The number of hydrogen-bond donors (Lipinski definition) is 1. The molecule has 0 aliphatic heterocycles. The number of hydrogen-bond acceptors (Lipinski definition) is 3. The van der Waals surface area contributed by atoms with Crippen LogP contribution in [0.25, 0.3) is 0 Å². The average molecular weight is 224 g/mol. The molecular formula is C12H20N2S. The minimum Gasteiger partial charge on any atom is -0.310 e. The van der Waals surface area contributed by atoms with Crippen molar-refractivity contribution in [2.24, 2.45) is 5.41 Å². The zero-order valence-corrected chi connectivity index (χ0v) is 10.8. The highest BCUT2D eigenvalue weighted by molar-refractivity contribution is 7.11. The lowest BCUT2D eigenvalue weighted by molar-refractivity contribution is 0.606. The monoisotopic (exact) mass is 224 g/mol. The number of nitrogens with zero attached hydrogens (tertiary/aromatic N) is 1. The number of thiazole rings is 1. The minimum atomic E-state index is 0.447. The third-order valence-corrected chi connectivity index (χ3v) is 4.58. The van der Waals surface area contributed by atoms with Gasteiger partial charge in [-0.05, 0) is 25.3 Å². The van der Waals surface area contributed by atoms with E-state index in [1.807, 2.05) is 17.5 Å². The van der Waals surface area contributed by atoms with Gasteiger partial charge in [0.1, 0.15) is 0 Å². The molecule has 1 fully saturated rings. The molecule has 3 heteroatoms. The SMILES string of the molecule is CCNC(C)c1cnc(C2CC2(C)C)s1. The molecule has 0 spiro atoms. The molecule has 1 heterocycles. The molecule has 1 aromatic heterocycles. The van der Waals surface area contributed by atoms with Crippen LogP contribution in [-0.2, 0) is 0 Å². The molecule has 0 bridgehead atoms. The first-order chi connectivity index (χ1) is 7.04. The molecule has 2 unspecified atom stereocenters. The summed E-state index contributed by atoms with van der Waals surface area (Å²) in [6.07, 6.45) is 3.34. The second kappa shape index (κ2) is 3.87. The first kappa shape index (κ1) is 11.1. The van der Waals surface area contributed by atoms with Gasteiger partial charge in [-0.3, -0.25) is 0 Å². The molecule has 2 rings (SSSR count). The van der Waals surface area contributed by atoms with Gasteiger partial charge in [-0.25, -0.2) is 4.98 Å². The highest BCUT2D eigenvalue weighted by atomic mass is 32.1. The molecule has 1 saturated carbocycles. The molecule has 2 nitrogen and oxygen atoms in total. The minimum absolute atomic E-state index is 0.447. The van der Waals surface area contributed by atoms with Crippen LogP contribution in [0.15, 0.2) is 6.20 Å². The molecule has 2 atom stereocenters. The Labute approximate surface area is 96.1 Å². The molecule has 1 aromatic rings. The maximum atomic E-state index is 4.56. The zero-order valence-electron chi connectivity index (χ0n) is 10.0. The maximum Gasteiger partial charge on any atom is 0.0964 e. The Morgan fingerprint density at radius 3 is 2.87 bits per heavy atom. The van der Waals surface area contributed by atoms with Crippen LogP contribution in [0.5, 0.6) is 0 Å². The first-order valence-corrected chi connectivity index (χ1v) is 6.55. The Kier molecular flexibility index (Phi) is 2.86. The molecule has 0 amide bonds. The highest BCUT2D eigenvalue weighted by Gasteiger charge is 2.48. The molecule has 84 valence electrons. The Hall–Kier alpha value is -0.410. The van der Waals surface area contributed by atoms with Crippen LogP contribution in [-0.4, -0.2) is 11.5 Å². The summed E-state index contributed by atoms with van der Waals surface area (Å²) in [4.78, 5) is 5.93. The van der Waals surface area contributed by atoms with Crippen molar-refractivity contribution in [1.82, 2.24) is 10.3 Å². The van der Waals surface area contributed by atoms with Gasteiger partial charge in [-0.2, -0.15) is 0 Å². The van der Waals surface area contributed by atoms with E-state index in [0.29, 0.717) is 17.4 Å². The number of nitrogens with one attached hydrogen (secondary N) is 1. The van der Waals surface area contributed by atoms with Crippen molar-refractivity contribution in [3.8, 4) is 0 Å². The van der Waals surface area contributed by atoms with Gasteiger partial charge in [-0.15, -0.1) is 11.3 Å².